The Kier molecular flexibility index (Phi) is 4.18. The topological polar surface area (TPSA) is 29.3 Å². The molecule has 1 aliphatic heterocycles. The van der Waals surface area contributed by atoms with Crippen LogP contribution >= 0.6 is 0 Å². The van der Waals surface area contributed by atoms with Crippen LogP contribution < -0.4 is 0 Å². The molecule has 0 aliphatic carbocycles. The number of nitrogens with zero attached hydrogens (tertiary/aromatic N) is 2. The number of hydrogen-bond donors (Lipinski definition) is 0. The molecule has 4 rings (SSSR count). The predicted octanol–water partition coefficient (Wildman–Crippen LogP) is 4.25. The quantitative estimate of drug-likeness (QED) is 0.720. The summed E-state index contributed by atoms with van der Waals surface area (Å²) >= 11 is 0. The zero-order valence-electron chi connectivity index (χ0n) is 14.0. The van der Waals surface area contributed by atoms with Gasteiger partial charge in [0.15, 0.2) is 5.76 Å². The molecule has 3 aromatic rings. The monoisotopic (exact) mass is 318 g/mol. The lowest BCUT2D eigenvalue weighted by molar-refractivity contribution is 0.257. The summed E-state index contributed by atoms with van der Waals surface area (Å²) in [7, 11) is 0. The smallest absolute Gasteiger partial charge is 0.170 e. The minimum Gasteiger partial charge on any atom is -0.356 e. The zero-order valence-corrected chi connectivity index (χ0v) is 14.0. The first-order valence-corrected chi connectivity index (χ1v) is 8.61. The number of hydrogen-bond acceptors (Lipinski definition) is 3. The molecule has 0 bridgehead atoms. The fourth-order valence-electron chi connectivity index (χ4n) is 3.51. The maximum Gasteiger partial charge on any atom is 0.170 e. The van der Waals surface area contributed by atoms with Crippen LogP contribution in [0.15, 0.2) is 59.1 Å². The second-order valence-electron chi connectivity index (χ2n) is 6.49. The van der Waals surface area contributed by atoms with E-state index in [1.54, 1.807) is 0 Å². The molecule has 3 heteroatoms. The molecule has 0 N–H and O–H groups in total. The van der Waals surface area contributed by atoms with Crippen molar-refractivity contribution in [1.29, 1.82) is 0 Å². The molecule has 0 unspecified atom stereocenters. The third kappa shape index (κ3) is 3.00. The third-order valence-electron chi connectivity index (χ3n) is 4.91. The summed E-state index contributed by atoms with van der Waals surface area (Å²) in [6, 6.07) is 19.1. The summed E-state index contributed by atoms with van der Waals surface area (Å²) in [6.45, 7) is 5.25. The number of aromatic nitrogens is 1. The molecule has 24 heavy (non-hydrogen) atoms. The van der Waals surface area contributed by atoms with Gasteiger partial charge in [0.2, 0.25) is 0 Å². The molecule has 1 aliphatic rings. The van der Waals surface area contributed by atoms with Crippen LogP contribution in [0, 0.1) is 6.92 Å². The predicted molar refractivity (Wildman–Crippen MR) is 95.8 cm³/mol. The largest absolute Gasteiger partial charge is 0.356 e. The lowest BCUT2D eigenvalue weighted by Gasteiger charge is -2.28. The highest BCUT2D eigenvalue weighted by molar-refractivity contribution is 5.61. The Labute approximate surface area is 142 Å². The minimum absolute atomic E-state index is 0.922. The van der Waals surface area contributed by atoms with Gasteiger partial charge in [0, 0.05) is 30.8 Å². The Balaban J connectivity index is 1.48. The fraction of sp³-hybridized carbons (Fsp3) is 0.286. The van der Waals surface area contributed by atoms with Gasteiger partial charge >= 0.3 is 0 Å². The van der Waals surface area contributed by atoms with Crippen LogP contribution in [0.3, 0.4) is 0 Å². The van der Waals surface area contributed by atoms with Gasteiger partial charge in [0.25, 0.3) is 0 Å². The van der Waals surface area contributed by atoms with Crippen LogP contribution in [0.2, 0.25) is 0 Å². The summed E-state index contributed by atoms with van der Waals surface area (Å²) in [4.78, 5) is 2.53. The summed E-state index contributed by atoms with van der Waals surface area (Å²) in [5.41, 5.74) is 6.32. The third-order valence-corrected chi connectivity index (χ3v) is 4.91. The molecule has 0 atom stereocenters. The van der Waals surface area contributed by atoms with Crippen LogP contribution in [0.1, 0.15) is 22.4 Å². The average molecular weight is 318 g/mol. The first-order valence-electron chi connectivity index (χ1n) is 8.61. The van der Waals surface area contributed by atoms with Crippen molar-refractivity contribution in [2.24, 2.45) is 0 Å². The second kappa shape index (κ2) is 6.62. The van der Waals surface area contributed by atoms with E-state index in [9.17, 15) is 0 Å². The maximum absolute atomic E-state index is 5.61. The van der Waals surface area contributed by atoms with Gasteiger partial charge in [-0.3, -0.25) is 4.90 Å². The van der Waals surface area contributed by atoms with Gasteiger partial charge < -0.3 is 4.52 Å². The Morgan fingerprint density at radius 3 is 2.58 bits per heavy atom. The van der Waals surface area contributed by atoms with Crippen molar-refractivity contribution in [3.05, 3.63) is 77.0 Å². The van der Waals surface area contributed by atoms with E-state index < -0.39 is 0 Å². The van der Waals surface area contributed by atoms with Crippen molar-refractivity contribution in [3.8, 4) is 11.3 Å². The molecule has 1 aromatic heterocycles. The van der Waals surface area contributed by atoms with Crippen LogP contribution in [0.4, 0.5) is 0 Å². The molecule has 122 valence electrons. The van der Waals surface area contributed by atoms with Gasteiger partial charge in [-0.15, -0.1) is 0 Å². The Morgan fingerprint density at radius 1 is 1.00 bits per heavy atom. The van der Waals surface area contributed by atoms with Crippen molar-refractivity contribution >= 4 is 0 Å². The summed E-state index contributed by atoms with van der Waals surface area (Å²) in [5, 5.41) is 4.20. The SMILES string of the molecule is Cc1noc(-c2ccccc2)c1CCN1CCc2ccccc2C1. The molecule has 0 saturated carbocycles. The van der Waals surface area contributed by atoms with Gasteiger partial charge in [0.1, 0.15) is 0 Å². The maximum atomic E-state index is 5.61. The fourth-order valence-corrected chi connectivity index (χ4v) is 3.51. The Hall–Kier alpha value is -2.39. The molecule has 2 heterocycles. The van der Waals surface area contributed by atoms with E-state index in [0.717, 1.165) is 49.5 Å². The normalized spacial score (nSPS) is 14.5. The highest BCUT2D eigenvalue weighted by Gasteiger charge is 2.19. The van der Waals surface area contributed by atoms with Crippen molar-refractivity contribution in [2.45, 2.75) is 26.3 Å². The van der Waals surface area contributed by atoms with Gasteiger partial charge in [-0.1, -0.05) is 59.8 Å². The number of aryl methyl sites for hydroxylation is 1. The van der Waals surface area contributed by atoms with Crippen molar-refractivity contribution in [2.75, 3.05) is 13.1 Å². The van der Waals surface area contributed by atoms with E-state index in [4.69, 9.17) is 4.52 Å². The summed E-state index contributed by atoms with van der Waals surface area (Å²) in [5.74, 6) is 0.922. The van der Waals surface area contributed by atoms with Gasteiger partial charge in [0.05, 0.1) is 5.69 Å². The number of fused-ring (bicyclic) bond motifs is 1. The van der Waals surface area contributed by atoms with Crippen molar-refractivity contribution in [1.82, 2.24) is 10.1 Å². The van der Waals surface area contributed by atoms with E-state index in [1.165, 1.54) is 16.7 Å². The second-order valence-corrected chi connectivity index (χ2v) is 6.49. The van der Waals surface area contributed by atoms with Crippen molar-refractivity contribution in [3.63, 3.8) is 0 Å². The number of rotatable bonds is 4. The van der Waals surface area contributed by atoms with E-state index in [-0.39, 0.29) is 0 Å². The standard InChI is InChI=1S/C21H22N2O/c1-16-20(21(24-22-16)18-8-3-2-4-9-18)12-14-23-13-11-17-7-5-6-10-19(17)15-23/h2-10H,11-15H2,1H3. The van der Waals surface area contributed by atoms with Crippen LogP contribution in [0.25, 0.3) is 11.3 Å². The highest BCUT2D eigenvalue weighted by atomic mass is 16.5. The first-order chi connectivity index (χ1) is 11.8. The van der Waals surface area contributed by atoms with E-state index in [1.807, 2.05) is 25.1 Å². The molecule has 2 aromatic carbocycles. The van der Waals surface area contributed by atoms with E-state index in [2.05, 4.69) is 46.5 Å². The molecule has 0 fully saturated rings. The van der Waals surface area contributed by atoms with E-state index >= 15 is 0 Å². The highest BCUT2D eigenvalue weighted by Crippen LogP contribution is 2.27. The minimum atomic E-state index is 0.922. The lowest BCUT2D eigenvalue weighted by Crippen LogP contribution is -2.32. The van der Waals surface area contributed by atoms with Crippen LogP contribution in [-0.2, 0) is 19.4 Å². The molecule has 0 spiro atoms. The zero-order chi connectivity index (χ0) is 16.4. The van der Waals surface area contributed by atoms with E-state index in [0.29, 0.717) is 0 Å². The number of benzene rings is 2. The molecule has 3 nitrogen and oxygen atoms in total. The lowest BCUT2D eigenvalue weighted by atomic mass is 9.99. The van der Waals surface area contributed by atoms with Gasteiger partial charge in [-0.05, 0) is 30.9 Å². The first kappa shape index (κ1) is 15.2. The van der Waals surface area contributed by atoms with Crippen LogP contribution in [-0.4, -0.2) is 23.1 Å². The molecule has 0 amide bonds. The van der Waals surface area contributed by atoms with Crippen LogP contribution in [0.5, 0.6) is 0 Å². The summed E-state index contributed by atoms with van der Waals surface area (Å²) in [6.07, 6.45) is 2.12. The van der Waals surface area contributed by atoms with Gasteiger partial charge in [-0.25, -0.2) is 0 Å². The molecule has 0 saturated heterocycles. The average Bonchev–Trinajstić information content (AvgIpc) is 3.01. The molecular formula is C21H22N2O. The summed E-state index contributed by atoms with van der Waals surface area (Å²) < 4.78 is 5.61. The molecular weight excluding hydrogens is 296 g/mol. The Morgan fingerprint density at radius 2 is 1.75 bits per heavy atom. The van der Waals surface area contributed by atoms with Gasteiger partial charge in [-0.2, -0.15) is 0 Å². The van der Waals surface area contributed by atoms with Crippen molar-refractivity contribution < 1.29 is 4.52 Å². The molecule has 0 radical (unpaired) electrons. The Bertz CT molecular complexity index is 823.